The van der Waals surface area contributed by atoms with E-state index in [2.05, 4.69) is 10.1 Å². The summed E-state index contributed by atoms with van der Waals surface area (Å²) in [4.78, 5) is 4.41. The molecule has 1 heterocycles. The fraction of sp³-hybridized carbons (Fsp3) is 0.467. The lowest BCUT2D eigenvalue weighted by molar-refractivity contribution is 0.359. The third-order valence-corrected chi connectivity index (χ3v) is 3.67. The molecule has 0 bridgehead atoms. The van der Waals surface area contributed by atoms with Crippen LogP contribution in [0.5, 0.6) is 5.75 Å². The van der Waals surface area contributed by atoms with Gasteiger partial charge in [0.1, 0.15) is 5.75 Å². The number of aromatic nitrogens is 2. The van der Waals surface area contributed by atoms with Gasteiger partial charge >= 0.3 is 0 Å². The largest absolute Gasteiger partial charge is 0.497 e. The Morgan fingerprint density at radius 2 is 2.10 bits per heavy atom. The Balaban J connectivity index is 1.60. The standard InChI is InChI=1S/C15H19N3O2/c1-19-12-6-2-10(3-7-12)8-14-17-15(20-18-14)9-13(16)11-4-5-11/h2-3,6-7,11,13H,4-5,8-9,16H2,1H3. The molecule has 0 aliphatic heterocycles. The molecule has 2 N–H and O–H groups in total. The predicted octanol–water partition coefficient (Wildman–Crippen LogP) is 1.95. The second kappa shape index (κ2) is 5.63. The molecule has 1 unspecified atom stereocenters. The highest BCUT2D eigenvalue weighted by molar-refractivity contribution is 5.28. The van der Waals surface area contributed by atoms with Gasteiger partial charge in [-0.05, 0) is 36.5 Å². The number of ether oxygens (including phenoxy) is 1. The molecule has 0 saturated heterocycles. The third kappa shape index (κ3) is 3.17. The highest BCUT2D eigenvalue weighted by Gasteiger charge is 2.29. The second-order valence-electron chi connectivity index (χ2n) is 5.33. The van der Waals surface area contributed by atoms with Crippen molar-refractivity contribution in [3.05, 3.63) is 41.5 Å². The summed E-state index contributed by atoms with van der Waals surface area (Å²) in [5.41, 5.74) is 7.19. The Bertz CT molecular complexity index is 561. The maximum absolute atomic E-state index is 6.06. The number of methoxy groups -OCH3 is 1. The van der Waals surface area contributed by atoms with E-state index < -0.39 is 0 Å². The van der Waals surface area contributed by atoms with Crippen molar-refractivity contribution in [1.82, 2.24) is 10.1 Å². The summed E-state index contributed by atoms with van der Waals surface area (Å²) >= 11 is 0. The van der Waals surface area contributed by atoms with Gasteiger partial charge in [-0.15, -0.1) is 0 Å². The smallest absolute Gasteiger partial charge is 0.228 e. The Hall–Kier alpha value is -1.88. The van der Waals surface area contributed by atoms with Crippen LogP contribution in [0.2, 0.25) is 0 Å². The van der Waals surface area contributed by atoms with Crippen LogP contribution in [0.1, 0.15) is 30.1 Å². The van der Waals surface area contributed by atoms with Crippen LogP contribution >= 0.6 is 0 Å². The van der Waals surface area contributed by atoms with Gasteiger partial charge in [-0.3, -0.25) is 0 Å². The average molecular weight is 273 g/mol. The third-order valence-electron chi connectivity index (χ3n) is 3.67. The number of hydrogen-bond acceptors (Lipinski definition) is 5. The topological polar surface area (TPSA) is 74.2 Å². The minimum atomic E-state index is 0.157. The number of nitrogens with two attached hydrogens (primary N) is 1. The lowest BCUT2D eigenvalue weighted by Crippen LogP contribution is -2.25. The van der Waals surface area contributed by atoms with Gasteiger partial charge in [0, 0.05) is 18.9 Å². The zero-order valence-electron chi connectivity index (χ0n) is 11.6. The van der Waals surface area contributed by atoms with Gasteiger partial charge in [0.15, 0.2) is 5.82 Å². The van der Waals surface area contributed by atoms with Crippen LogP contribution in [0.25, 0.3) is 0 Å². The molecule has 1 aromatic heterocycles. The van der Waals surface area contributed by atoms with Gasteiger partial charge in [0.2, 0.25) is 5.89 Å². The molecule has 0 amide bonds. The highest BCUT2D eigenvalue weighted by atomic mass is 16.5. The van der Waals surface area contributed by atoms with E-state index in [0.717, 1.165) is 11.3 Å². The van der Waals surface area contributed by atoms with Gasteiger partial charge in [-0.1, -0.05) is 17.3 Å². The molecule has 1 saturated carbocycles. The summed E-state index contributed by atoms with van der Waals surface area (Å²) < 4.78 is 10.4. The van der Waals surface area contributed by atoms with Crippen molar-refractivity contribution in [1.29, 1.82) is 0 Å². The van der Waals surface area contributed by atoms with Crippen LogP contribution in [-0.4, -0.2) is 23.3 Å². The maximum Gasteiger partial charge on any atom is 0.228 e. The summed E-state index contributed by atoms with van der Waals surface area (Å²) in [6.07, 6.45) is 3.80. The summed E-state index contributed by atoms with van der Waals surface area (Å²) in [6.45, 7) is 0. The van der Waals surface area contributed by atoms with E-state index >= 15 is 0 Å². The fourth-order valence-corrected chi connectivity index (χ4v) is 2.26. The van der Waals surface area contributed by atoms with E-state index in [0.29, 0.717) is 30.5 Å². The van der Waals surface area contributed by atoms with Crippen LogP contribution in [0.3, 0.4) is 0 Å². The minimum Gasteiger partial charge on any atom is -0.497 e. The second-order valence-corrected chi connectivity index (χ2v) is 5.33. The molecule has 1 fully saturated rings. The SMILES string of the molecule is COc1ccc(Cc2noc(CC(N)C3CC3)n2)cc1. The van der Waals surface area contributed by atoms with Crippen molar-refractivity contribution >= 4 is 0 Å². The zero-order chi connectivity index (χ0) is 13.9. The fourth-order valence-electron chi connectivity index (χ4n) is 2.26. The lowest BCUT2D eigenvalue weighted by Gasteiger charge is -2.04. The van der Waals surface area contributed by atoms with Gasteiger partial charge in [0.25, 0.3) is 0 Å². The summed E-state index contributed by atoms with van der Waals surface area (Å²) in [5, 5.41) is 4.01. The van der Waals surface area contributed by atoms with Crippen LogP contribution in [-0.2, 0) is 12.8 Å². The first-order valence-corrected chi connectivity index (χ1v) is 6.94. The first kappa shape index (κ1) is 13.1. The summed E-state index contributed by atoms with van der Waals surface area (Å²) in [5.74, 6) is 2.84. The molecular formula is C15H19N3O2. The molecule has 1 aliphatic rings. The Morgan fingerprint density at radius 3 is 2.75 bits per heavy atom. The number of hydrogen-bond donors (Lipinski definition) is 1. The van der Waals surface area contributed by atoms with Crippen molar-refractivity contribution in [3.63, 3.8) is 0 Å². The lowest BCUT2D eigenvalue weighted by atomic mass is 10.1. The minimum absolute atomic E-state index is 0.157. The Kier molecular flexibility index (Phi) is 3.69. The summed E-state index contributed by atoms with van der Waals surface area (Å²) in [7, 11) is 1.66. The van der Waals surface area contributed by atoms with Crippen molar-refractivity contribution in [3.8, 4) is 5.75 Å². The highest BCUT2D eigenvalue weighted by Crippen LogP contribution is 2.32. The molecule has 106 valence electrons. The number of nitrogens with zero attached hydrogens (tertiary/aromatic N) is 2. The van der Waals surface area contributed by atoms with Gasteiger partial charge in [-0.2, -0.15) is 4.98 Å². The molecule has 20 heavy (non-hydrogen) atoms. The molecular weight excluding hydrogens is 254 g/mol. The van der Waals surface area contributed by atoms with Crippen molar-refractivity contribution < 1.29 is 9.26 Å². The first-order valence-electron chi connectivity index (χ1n) is 6.94. The van der Waals surface area contributed by atoms with E-state index in [1.54, 1.807) is 7.11 Å². The summed E-state index contributed by atoms with van der Waals surface area (Å²) in [6, 6.07) is 8.03. The van der Waals surface area contributed by atoms with E-state index in [4.69, 9.17) is 15.0 Å². The van der Waals surface area contributed by atoms with Gasteiger partial charge in [-0.25, -0.2) is 0 Å². The quantitative estimate of drug-likeness (QED) is 0.870. The normalized spacial score (nSPS) is 16.1. The van der Waals surface area contributed by atoms with E-state index in [1.165, 1.54) is 12.8 Å². The molecule has 5 heteroatoms. The molecule has 2 aromatic rings. The number of benzene rings is 1. The predicted molar refractivity (Wildman–Crippen MR) is 74.5 cm³/mol. The Labute approximate surface area is 118 Å². The molecule has 1 aliphatic carbocycles. The maximum atomic E-state index is 6.06. The average Bonchev–Trinajstić information content (AvgIpc) is 3.23. The molecule has 5 nitrogen and oxygen atoms in total. The van der Waals surface area contributed by atoms with Crippen LogP contribution in [0, 0.1) is 5.92 Å². The van der Waals surface area contributed by atoms with Crippen LogP contribution in [0.4, 0.5) is 0 Å². The van der Waals surface area contributed by atoms with Crippen LogP contribution in [0.15, 0.2) is 28.8 Å². The number of rotatable bonds is 6. The zero-order valence-corrected chi connectivity index (χ0v) is 11.6. The molecule has 3 rings (SSSR count). The monoisotopic (exact) mass is 273 g/mol. The van der Waals surface area contributed by atoms with Crippen molar-refractivity contribution in [2.45, 2.75) is 31.7 Å². The Morgan fingerprint density at radius 1 is 1.35 bits per heavy atom. The van der Waals surface area contributed by atoms with E-state index in [-0.39, 0.29) is 6.04 Å². The van der Waals surface area contributed by atoms with Crippen molar-refractivity contribution in [2.24, 2.45) is 11.7 Å². The van der Waals surface area contributed by atoms with Gasteiger partial charge < -0.3 is 15.0 Å². The molecule has 1 aromatic carbocycles. The van der Waals surface area contributed by atoms with E-state index in [1.807, 2.05) is 24.3 Å². The van der Waals surface area contributed by atoms with Gasteiger partial charge in [0.05, 0.1) is 7.11 Å². The molecule has 0 spiro atoms. The van der Waals surface area contributed by atoms with E-state index in [9.17, 15) is 0 Å². The first-order chi connectivity index (χ1) is 9.74. The molecule has 0 radical (unpaired) electrons. The van der Waals surface area contributed by atoms with Crippen molar-refractivity contribution in [2.75, 3.05) is 7.11 Å². The molecule has 1 atom stereocenters. The van der Waals surface area contributed by atoms with Crippen LogP contribution < -0.4 is 10.5 Å².